The number of hydrogen-bond acceptors (Lipinski definition) is 4. The molecule has 2 atom stereocenters. The molecule has 1 aliphatic carbocycles. The number of carboxylic acids is 1. The standard InChI is InChI=1S/C16H17NO4/c1-9-6-7-10(16(20)21)8-13(9)17-14(18)11-4-2-3-5-12(11)15(17)19/h6-8,11-12H,2-5H2,1H3,(H,20,21)/p-1/t11-,12-/m0/s1. The highest BCUT2D eigenvalue weighted by Crippen LogP contribution is 2.40. The molecule has 1 aliphatic heterocycles. The Morgan fingerprint density at radius 2 is 1.71 bits per heavy atom. The van der Waals surface area contributed by atoms with Crippen LogP contribution in [-0.2, 0) is 9.59 Å². The van der Waals surface area contributed by atoms with Crippen LogP contribution in [0.4, 0.5) is 5.69 Å². The van der Waals surface area contributed by atoms with Crippen LogP contribution in [0.3, 0.4) is 0 Å². The van der Waals surface area contributed by atoms with Gasteiger partial charge in [0.15, 0.2) is 0 Å². The molecule has 0 N–H and O–H groups in total. The third kappa shape index (κ3) is 2.13. The number of rotatable bonds is 2. The summed E-state index contributed by atoms with van der Waals surface area (Å²) >= 11 is 0. The highest BCUT2D eigenvalue weighted by Gasteiger charge is 2.49. The van der Waals surface area contributed by atoms with Crippen molar-refractivity contribution in [3.8, 4) is 0 Å². The van der Waals surface area contributed by atoms with Crippen molar-refractivity contribution in [1.29, 1.82) is 0 Å². The molecule has 0 unspecified atom stereocenters. The second-order valence-corrected chi connectivity index (χ2v) is 5.80. The molecule has 0 spiro atoms. The van der Waals surface area contributed by atoms with E-state index in [4.69, 9.17) is 0 Å². The van der Waals surface area contributed by atoms with E-state index in [1.165, 1.54) is 17.0 Å². The lowest BCUT2D eigenvalue weighted by Crippen LogP contribution is -2.32. The van der Waals surface area contributed by atoms with Crippen LogP contribution < -0.4 is 10.0 Å². The predicted octanol–water partition coefficient (Wildman–Crippen LogP) is 1.04. The summed E-state index contributed by atoms with van der Waals surface area (Å²) in [5.41, 5.74) is 1.06. The molecule has 1 saturated heterocycles. The van der Waals surface area contributed by atoms with E-state index in [2.05, 4.69) is 0 Å². The van der Waals surface area contributed by atoms with Gasteiger partial charge in [-0.05, 0) is 37.0 Å². The largest absolute Gasteiger partial charge is 0.545 e. The molecule has 5 nitrogen and oxygen atoms in total. The molecule has 1 heterocycles. The molecule has 2 amide bonds. The zero-order valence-electron chi connectivity index (χ0n) is 11.8. The van der Waals surface area contributed by atoms with Gasteiger partial charge in [-0.3, -0.25) is 9.59 Å². The van der Waals surface area contributed by atoms with Crippen molar-refractivity contribution in [3.63, 3.8) is 0 Å². The van der Waals surface area contributed by atoms with Crippen LogP contribution in [0, 0.1) is 18.8 Å². The Bertz CT molecular complexity index is 613. The summed E-state index contributed by atoms with van der Waals surface area (Å²) in [6.07, 6.45) is 3.41. The predicted molar refractivity (Wildman–Crippen MR) is 73.5 cm³/mol. The van der Waals surface area contributed by atoms with Crippen LogP contribution in [0.1, 0.15) is 41.6 Å². The molecule has 2 fully saturated rings. The average molecular weight is 286 g/mol. The summed E-state index contributed by atoms with van der Waals surface area (Å²) in [7, 11) is 0. The second kappa shape index (κ2) is 4.98. The van der Waals surface area contributed by atoms with Crippen LogP contribution in [-0.4, -0.2) is 17.8 Å². The Morgan fingerprint density at radius 3 is 2.24 bits per heavy atom. The van der Waals surface area contributed by atoms with Crippen LogP contribution in [0.2, 0.25) is 0 Å². The number of carbonyl (C=O) groups excluding carboxylic acids is 3. The molecule has 110 valence electrons. The van der Waals surface area contributed by atoms with Crippen molar-refractivity contribution in [2.45, 2.75) is 32.6 Å². The van der Waals surface area contributed by atoms with Gasteiger partial charge >= 0.3 is 0 Å². The van der Waals surface area contributed by atoms with Gasteiger partial charge < -0.3 is 9.90 Å². The van der Waals surface area contributed by atoms with Crippen molar-refractivity contribution in [2.75, 3.05) is 4.90 Å². The minimum atomic E-state index is -1.31. The molecule has 2 aliphatic rings. The SMILES string of the molecule is Cc1ccc(C(=O)[O-])cc1N1C(=O)[C@H]2CCCC[C@@H]2C1=O. The number of aromatic carboxylic acids is 1. The van der Waals surface area contributed by atoms with Gasteiger partial charge in [0.25, 0.3) is 0 Å². The highest BCUT2D eigenvalue weighted by atomic mass is 16.4. The fourth-order valence-electron chi connectivity index (χ4n) is 3.38. The summed E-state index contributed by atoms with van der Waals surface area (Å²) in [6, 6.07) is 4.38. The Balaban J connectivity index is 2.04. The molecule has 0 bridgehead atoms. The van der Waals surface area contributed by atoms with Crippen LogP contribution in [0.5, 0.6) is 0 Å². The number of aryl methyl sites for hydroxylation is 1. The van der Waals surface area contributed by atoms with Crippen LogP contribution in [0.25, 0.3) is 0 Å². The number of imide groups is 1. The maximum atomic E-state index is 12.5. The second-order valence-electron chi connectivity index (χ2n) is 5.80. The van der Waals surface area contributed by atoms with Crippen molar-refractivity contribution < 1.29 is 19.5 Å². The fraction of sp³-hybridized carbons (Fsp3) is 0.438. The van der Waals surface area contributed by atoms with E-state index in [0.717, 1.165) is 25.7 Å². The molecule has 1 aromatic rings. The van der Waals surface area contributed by atoms with Gasteiger partial charge in [-0.25, -0.2) is 4.90 Å². The van der Waals surface area contributed by atoms with E-state index in [9.17, 15) is 19.5 Å². The maximum absolute atomic E-state index is 12.5. The summed E-state index contributed by atoms with van der Waals surface area (Å²) in [5, 5.41) is 11.0. The minimum Gasteiger partial charge on any atom is -0.545 e. The number of nitrogens with zero attached hydrogens (tertiary/aromatic N) is 1. The fourth-order valence-corrected chi connectivity index (χ4v) is 3.38. The van der Waals surface area contributed by atoms with E-state index >= 15 is 0 Å². The number of amides is 2. The molecule has 0 radical (unpaired) electrons. The number of benzene rings is 1. The van der Waals surface area contributed by atoms with Gasteiger partial charge in [0.05, 0.1) is 23.5 Å². The van der Waals surface area contributed by atoms with E-state index in [0.29, 0.717) is 11.3 Å². The third-order valence-corrected chi connectivity index (χ3v) is 4.53. The lowest BCUT2D eigenvalue weighted by molar-refractivity contribution is -0.255. The normalized spacial score (nSPS) is 25.1. The molecular weight excluding hydrogens is 270 g/mol. The maximum Gasteiger partial charge on any atom is 0.237 e. The minimum absolute atomic E-state index is 0.0222. The number of fused-ring (bicyclic) bond motifs is 1. The summed E-state index contributed by atoms with van der Waals surface area (Å²) < 4.78 is 0. The zero-order valence-corrected chi connectivity index (χ0v) is 11.8. The number of anilines is 1. The van der Waals surface area contributed by atoms with Crippen LogP contribution in [0.15, 0.2) is 18.2 Å². The first-order chi connectivity index (χ1) is 10.0. The van der Waals surface area contributed by atoms with Crippen molar-refractivity contribution in [1.82, 2.24) is 0 Å². The summed E-state index contributed by atoms with van der Waals surface area (Å²) in [6.45, 7) is 1.76. The lowest BCUT2D eigenvalue weighted by atomic mass is 9.81. The Kier molecular flexibility index (Phi) is 3.27. The highest BCUT2D eigenvalue weighted by molar-refractivity contribution is 6.22. The van der Waals surface area contributed by atoms with Gasteiger partial charge in [-0.2, -0.15) is 0 Å². The van der Waals surface area contributed by atoms with Crippen molar-refractivity contribution >= 4 is 23.5 Å². The Labute approximate surface area is 122 Å². The van der Waals surface area contributed by atoms with Gasteiger partial charge in [0.2, 0.25) is 11.8 Å². The number of carbonyl (C=O) groups is 3. The molecule has 21 heavy (non-hydrogen) atoms. The Hall–Kier alpha value is -2.17. The van der Waals surface area contributed by atoms with Gasteiger partial charge in [-0.15, -0.1) is 0 Å². The zero-order chi connectivity index (χ0) is 15.1. The first kappa shape index (κ1) is 13.8. The van der Waals surface area contributed by atoms with Gasteiger partial charge in [0, 0.05) is 0 Å². The smallest absolute Gasteiger partial charge is 0.237 e. The molecule has 0 aromatic heterocycles. The van der Waals surface area contributed by atoms with E-state index in [-0.39, 0.29) is 29.2 Å². The quantitative estimate of drug-likeness (QED) is 0.761. The number of carboxylic acid groups (broad SMARTS) is 1. The van der Waals surface area contributed by atoms with Crippen LogP contribution >= 0.6 is 0 Å². The first-order valence-electron chi connectivity index (χ1n) is 7.20. The van der Waals surface area contributed by atoms with Gasteiger partial charge in [0.1, 0.15) is 0 Å². The monoisotopic (exact) mass is 286 g/mol. The number of hydrogen-bond donors (Lipinski definition) is 0. The average Bonchev–Trinajstić information content (AvgIpc) is 2.72. The topological polar surface area (TPSA) is 77.5 Å². The molecular formula is C16H16NO4-. The lowest BCUT2D eigenvalue weighted by Gasteiger charge is -2.19. The molecule has 1 aromatic carbocycles. The Morgan fingerprint density at radius 1 is 1.14 bits per heavy atom. The van der Waals surface area contributed by atoms with Crippen molar-refractivity contribution in [3.05, 3.63) is 29.3 Å². The first-order valence-corrected chi connectivity index (χ1v) is 7.20. The third-order valence-electron chi connectivity index (χ3n) is 4.53. The summed E-state index contributed by atoms with van der Waals surface area (Å²) in [5.74, 6) is -2.17. The summed E-state index contributed by atoms with van der Waals surface area (Å²) in [4.78, 5) is 37.2. The molecule has 1 saturated carbocycles. The van der Waals surface area contributed by atoms with E-state index in [1.54, 1.807) is 13.0 Å². The van der Waals surface area contributed by atoms with E-state index in [1.807, 2.05) is 0 Å². The molecule has 5 heteroatoms. The van der Waals surface area contributed by atoms with E-state index < -0.39 is 5.97 Å². The molecule has 3 rings (SSSR count). The van der Waals surface area contributed by atoms with Crippen molar-refractivity contribution in [2.24, 2.45) is 11.8 Å². The van der Waals surface area contributed by atoms with Gasteiger partial charge in [-0.1, -0.05) is 25.0 Å².